The van der Waals surface area contributed by atoms with Gasteiger partial charge in [0.1, 0.15) is 0 Å². The first-order chi connectivity index (χ1) is 5.74. The fraction of sp³-hybridized carbons (Fsp3) is 1.00. The van der Waals surface area contributed by atoms with E-state index in [1.807, 2.05) is 0 Å². The van der Waals surface area contributed by atoms with Gasteiger partial charge < -0.3 is 19.0 Å². The average molecular weight is 193 g/mol. The molecule has 74 valence electrons. The van der Waals surface area contributed by atoms with Crippen LogP contribution in [0.3, 0.4) is 0 Å². The van der Waals surface area contributed by atoms with Gasteiger partial charge in [-0.25, -0.2) is 0 Å². The van der Waals surface area contributed by atoms with Gasteiger partial charge in [-0.05, 0) is 19.4 Å². The van der Waals surface area contributed by atoms with Crippen LogP contribution in [0, 0.1) is 0 Å². The average Bonchev–Trinajstić information content (AvgIpc) is 2.14. The van der Waals surface area contributed by atoms with E-state index < -0.39 is 8.80 Å². The van der Waals surface area contributed by atoms with E-state index in [1.165, 1.54) is 0 Å². The molecule has 0 aromatic carbocycles. The van der Waals surface area contributed by atoms with Gasteiger partial charge in [0.15, 0.2) is 0 Å². The maximum absolute atomic E-state index is 5.38. The Hall–Kier alpha value is 0.0569. The third kappa shape index (κ3) is 3.64. The zero-order chi connectivity index (χ0) is 9.45. The summed E-state index contributed by atoms with van der Waals surface area (Å²) in [7, 11) is 2.57. The van der Waals surface area contributed by atoms with Gasteiger partial charge in [-0.2, -0.15) is 0 Å². The highest BCUT2D eigenvalue weighted by atomic mass is 28.4. The van der Waals surface area contributed by atoms with Crippen LogP contribution in [0.25, 0.3) is 0 Å². The monoisotopic (exact) mass is 193 g/mol. The molecule has 0 aromatic heterocycles. The molecule has 0 aliphatic heterocycles. The van der Waals surface area contributed by atoms with E-state index in [9.17, 15) is 0 Å². The van der Waals surface area contributed by atoms with Crippen molar-refractivity contribution in [1.82, 2.24) is 0 Å². The van der Waals surface area contributed by atoms with Crippen molar-refractivity contribution in [3.8, 4) is 0 Å². The smallest absolute Gasteiger partial charge is 0.377 e. The molecule has 0 bridgehead atoms. The second-order valence-corrected chi connectivity index (χ2v) is 5.63. The van der Waals surface area contributed by atoms with Crippen molar-refractivity contribution in [2.24, 2.45) is 5.73 Å². The van der Waals surface area contributed by atoms with Crippen LogP contribution < -0.4 is 5.73 Å². The summed E-state index contributed by atoms with van der Waals surface area (Å²) >= 11 is 0. The molecule has 0 rings (SSSR count). The fourth-order valence-electron chi connectivity index (χ4n) is 1.04. The normalized spacial score (nSPS) is 12.0. The fourth-order valence-corrected chi connectivity index (χ4v) is 2.84. The molecule has 0 aliphatic carbocycles. The van der Waals surface area contributed by atoms with Crippen LogP contribution in [0.5, 0.6) is 0 Å². The third-order valence-electron chi connectivity index (χ3n) is 1.87. The molecule has 0 saturated carbocycles. The summed E-state index contributed by atoms with van der Waals surface area (Å²) in [6.07, 6.45) is 1.99. The largest absolute Gasteiger partial charge is 0.500 e. The first-order valence-corrected chi connectivity index (χ1v) is 6.03. The van der Waals surface area contributed by atoms with Gasteiger partial charge in [0.2, 0.25) is 0 Å². The van der Waals surface area contributed by atoms with Crippen molar-refractivity contribution in [2.75, 3.05) is 27.9 Å². The second kappa shape index (κ2) is 6.56. The van der Waals surface area contributed by atoms with Crippen LogP contribution in [-0.4, -0.2) is 36.7 Å². The summed E-state index contributed by atoms with van der Waals surface area (Å²) in [5.74, 6) is 0. The number of hydrogen-bond donors (Lipinski definition) is 1. The van der Waals surface area contributed by atoms with E-state index >= 15 is 0 Å². The predicted molar refractivity (Wildman–Crippen MR) is 49.9 cm³/mol. The van der Waals surface area contributed by atoms with Crippen molar-refractivity contribution >= 4 is 8.80 Å². The molecule has 12 heavy (non-hydrogen) atoms. The number of nitrogens with two attached hydrogens (primary N) is 1. The van der Waals surface area contributed by atoms with E-state index in [2.05, 4.69) is 0 Å². The van der Waals surface area contributed by atoms with Crippen LogP contribution in [0.2, 0.25) is 6.04 Å². The number of rotatable bonds is 7. The van der Waals surface area contributed by atoms with Gasteiger partial charge in [0, 0.05) is 27.4 Å². The summed E-state index contributed by atoms with van der Waals surface area (Å²) in [5.41, 5.74) is 5.38. The molecule has 0 unspecified atom stereocenters. The molecule has 4 nitrogen and oxygen atoms in total. The Morgan fingerprint density at radius 2 is 1.50 bits per heavy atom. The maximum Gasteiger partial charge on any atom is 0.500 e. The van der Waals surface area contributed by atoms with Crippen LogP contribution in [0.15, 0.2) is 0 Å². The van der Waals surface area contributed by atoms with Crippen LogP contribution in [0.4, 0.5) is 0 Å². The zero-order valence-corrected chi connectivity index (χ0v) is 9.13. The Balaban J connectivity index is 3.76. The maximum atomic E-state index is 5.38. The van der Waals surface area contributed by atoms with E-state index in [-0.39, 0.29) is 0 Å². The lowest BCUT2D eigenvalue weighted by atomic mass is 10.3. The van der Waals surface area contributed by atoms with E-state index in [1.54, 1.807) is 21.3 Å². The molecule has 0 saturated heterocycles. The van der Waals surface area contributed by atoms with Crippen LogP contribution in [0.1, 0.15) is 12.8 Å². The topological polar surface area (TPSA) is 53.7 Å². The molecule has 0 fully saturated rings. The summed E-state index contributed by atoms with van der Waals surface area (Å²) in [4.78, 5) is 0. The van der Waals surface area contributed by atoms with Gasteiger partial charge in [-0.15, -0.1) is 0 Å². The summed E-state index contributed by atoms with van der Waals surface area (Å²) in [6, 6.07) is 0.841. The van der Waals surface area contributed by atoms with Crippen molar-refractivity contribution in [2.45, 2.75) is 18.9 Å². The summed E-state index contributed by atoms with van der Waals surface area (Å²) < 4.78 is 15.7. The lowest BCUT2D eigenvalue weighted by molar-refractivity contribution is 0.123. The lowest BCUT2D eigenvalue weighted by Crippen LogP contribution is -2.42. The molecule has 0 aromatic rings. The minimum Gasteiger partial charge on any atom is -0.377 e. The van der Waals surface area contributed by atoms with E-state index in [0.717, 1.165) is 18.9 Å². The zero-order valence-electron chi connectivity index (χ0n) is 8.13. The summed E-state index contributed by atoms with van der Waals surface area (Å²) in [6.45, 7) is 0.710. The molecule has 0 amide bonds. The Bertz CT molecular complexity index is 101. The van der Waals surface area contributed by atoms with Gasteiger partial charge >= 0.3 is 8.80 Å². The Morgan fingerprint density at radius 3 is 1.83 bits per heavy atom. The molecular weight excluding hydrogens is 174 g/mol. The van der Waals surface area contributed by atoms with Crippen molar-refractivity contribution < 1.29 is 13.3 Å². The van der Waals surface area contributed by atoms with Gasteiger partial charge in [-0.3, -0.25) is 0 Å². The molecule has 0 spiro atoms. The Labute approximate surface area is 75.4 Å². The SMILES string of the molecule is CO[Si](CCCCN)(OC)OC. The third-order valence-corrected chi connectivity index (χ3v) is 4.70. The predicted octanol–water partition coefficient (Wildman–Crippen LogP) is 0.603. The highest BCUT2D eigenvalue weighted by Crippen LogP contribution is 2.15. The number of hydrogen-bond acceptors (Lipinski definition) is 4. The molecular formula is C7H19NO3Si. The highest BCUT2D eigenvalue weighted by molar-refractivity contribution is 6.60. The molecule has 0 radical (unpaired) electrons. The van der Waals surface area contributed by atoms with Crippen LogP contribution in [-0.2, 0) is 13.3 Å². The molecule has 0 heterocycles. The van der Waals surface area contributed by atoms with Crippen molar-refractivity contribution in [3.05, 3.63) is 0 Å². The second-order valence-electron chi connectivity index (χ2n) is 2.54. The number of unbranched alkanes of at least 4 members (excludes halogenated alkanes) is 1. The van der Waals surface area contributed by atoms with Gasteiger partial charge in [0.05, 0.1) is 0 Å². The Kier molecular flexibility index (Phi) is 6.59. The van der Waals surface area contributed by atoms with Crippen molar-refractivity contribution in [3.63, 3.8) is 0 Å². The minimum absolute atomic E-state index is 0.710. The first kappa shape index (κ1) is 12.1. The quantitative estimate of drug-likeness (QED) is 0.475. The standard InChI is InChI=1S/C7H19NO3Si/c1-9-12(10-2,11-3)7-5-4-6-8/h4-8H2,1-3H3. The highest BCUT2D eigenvalue weighted by Gasteiger charge is 2.36. The first-order valence-electron chi connectivity index (χ1n) is 4.10. The van der Waals surface area contributed by atoms with Crippen LogP contribution >= 0.6 is 0 Å². The minimum atomic E-state index is -2.31. The Morgan fingerprint density at radius 1 is 1.00 bits per heavy atom. The molecule has 0 aliphatic rings. The van der Waals surface area contributed by atoms with E-state index in [0.29, 0.717) is 6.54 Å². The van der Waals surface area contributed by atoms with E-state index in [4.69, 9.17) is 19.0 Å². The lowest BCUT2D eigenvalue weighted by Gasteiger charge is -2.23. The molecule has 2 N–H and O–H groups in total. The summed E-state index contributed by atoms with van der Waals surface area (Å²) in [5, 5.41) is 0. The molecule has 5 heteroatoms. The van der Waals surface area contributed by atoms with Gasteiger partial charge in [-0.1, -0.05) is 0 Å². The van der Waals surface area contributed by atoms with Gasteiger partial charge in [0.25, 0.3) is 0 Å². The van der Waals surface area contributed by atoms with Crippen molar-refractivity contribution in [1.29, 1.82) is 0 Å². The molecule has 0 atom stereocenters.